The highest BCUT2D eigenvalue weighted by atomic mass is 32.2. The quantitative estimate of drug-likeness (QED) is 0.835. The minimum atomic E-state index is -3.18. The van der Waals surface area contributed by atoms with Gasteiger partial charge in [-0.25, -0.2) is 8.42 Å². The van der Waals surface area contributed by atoms with Crippen molar-refractivity contribution < 1.29 is 18.6 Å². The zero-order valence-corrected chi connectivity index (χ0v) is 12.4. The molecule has 4 nitrogen and oxygen atoms in total. The summed E-state index contributed by atoms with van der Waals surface area (Å²) in [5, 5.41) is 19.1. The Morgan fingerprint density at radius 2 is 1.68 bits per heavy atom. The molecule has 0 spiro atoms. The minimum absolute atomic E-state index is 0.109. The highest BCUT2D eigenvalue weighted by Gasteiger charge is 2.19. The predicted molar refractivity (Wildman–Crippen MR) is 74.9 cm³/mol. The van der Waals surface area contributed by atoms with Gasteiger partial charge in [0.05, 0.1) is 17.1 Å². The Kier molecular flexibility index (Phi) is 5.52. The summed E-state index contributed by atoms with van der Waals surface area (Å²) in [5.41, 5.74) is 0.981. The third kappa shape index (κ3) is 4.60. The van der Waals surface area contributed by atoms with E-state index in [9.17, 15) is 18.6 Å². The van der Waals surface area contributed by atoms with Crippen LogP contribution < -0.4 is 0 Å². The van der Waals surface area contributed by atoms with Crippen LogP contribution in [0.4, 0.5) is 0 Å². The molecule has 0 amide bonds. The molecule has 1 aromatic carbocycles. The van der Waals surface area contributed by atoms with E-state index in [1.165, 1.54) is 6.26 Å². The molecular formula is C14H22O4S. The molecule has 0 aliphatic carbocycles. The van der Waals surface area contributed by atoms with Gasteiger partial charge in [-0.3, -0.25) is 0 Å². The van der Waals surface area contributed by atoms with E-state index in [1.54, 1.807) is 31.2 Å². The van der Waals surface area contributed by atoms with Crippen molar-refractivity contribution in [2.45, 2.75) is 49.7 Å². The minimum Gasteiger partial charge on any atom is -0.391 e. The Balaban J connectivity index is 2.88. The first kappa shape index (κ1) is 16.1. The summed E-state index contributed by atoms with van der Waals surface area (Å²) in [6.07, 6.45) is 0.939. The second kappa shape index (κ2) is 6.50. The van der Waals surface area contributed by atoms with Gasteiger partial charge in [0.2, 0.25) is 0 Å². The average molecular weight is 286 g/mol. The first-order valence-electron chi connectivity index (χ1n) is 6.41. The SMILES string of the molecule is CCC(CC(O)C(C)O)c1ccc(S(C)(=O)=O)cc1. The molecule has 3 atom stereocenters. The third-order valence-electron chi connectivity index (χ3n) is 3.36. The van der Waals surface area contributed by atoms with E-state index in [1.807, 2.05) is 6.92 Å². The maximum absolute atomic E-state index is 11.4. The lowest BCUT2D eigenvalue weighted by atomic mass is 9.90. The number of aliphatic hydroxyl groups is 2. The lowest BCUT2D eigenvalue weighted by molar-refractivity contribution is 0.0215. The molecule has 19 heavy (non-hydrogen) atoms. The summed E-state index contributed by atoms with van der Waals surface area (Å²) < 4.78 is 22.8. The van der Waals surface area contributed by atoms with Crippen LogP contribution in [0.1, 0.15) is 38.2 Å². The predicted octanol–water partition coefficient (Wildman–Crippen LogP) is 1.72. The van der Waals surface area contributed by atoms with E-state index < -0.39 is 22.0 Å². The Hall–Kier alpha value is -0.910. The van der Waals surface area contributed by atoms with Crippen LogP contribution >= 0.6 is 0 Å². The van der Waals surface area contributed by atoms with Crippen molar-refractivity contribution in [3.8, 4) is 0 Å². The van der Waals surface area contributed by atoms with E-state index >= 15 is 0 Å². The maximum atomic E-state index is 11.4. The van der Waals surface area contributed by atoms with Crippen LogP contribution in [0.15, 0.2) is 29.2 Å². The third-order valence-corrected chi connectivity index (χ3v) is 4.48. The number of sulfone groups is 1. The molecule has 0 saturated heterocycles. The van der Waals surface area contributed by atoms with Gasteiger partial charge in [0.1, 0.15) is 0 Å². The highest BCUT2D eigenvalue weighted by molar-refractivity contribution is 7.90. The van der Waals surface area contributed by atoms with Crippen molar-refractivity contribution in [3.05, 3.63) is 29.8 Å². The summed E-state index contributed by atoms with van der Waals surface area (Å²) in [5.74, 6) is 0.109. The molecule has 108 valence electrons. The molecule has 0 radical (unpaired) electrons. The highest BCUT2D eigenvalue weighted by Crippen LogP contribution is 2.26. The fourth-order valence-corrected chi connectivity index (χ4v) is 2.64. The van der Waals surface area contributed by atoms with Crippen LogP contribution in [-0.4, -0.2) is 37.1 Å². The topological polar surface area (TPSA) is 74.6 Å². The molecule has 0 aliphatic rings. The first-order chi connectivity index (χ1) is 8.75. The second-order valence-corrected chi connectivity index (χ2v) is 7.01. The zero-order chi connectivity index (χ0) is 14.6. The molecular weight excluding hydrogens is 264 g/mol. The standard InChI is InChI=1S/C14H22O4S/c1-4-11(9-14(16)10(2)15)12-5-7-13(8-6-12)19(3,17)18/h5-8,10-11,14-16H,4,9H2,1-3H3. The van der Waals surface area contributed by atoms with Crippen molar-refractivity contribution in [2.75, 3.05) is 6.26 Å². The Morgan fingerprint density at radius 1 is 1.16 bits per heavy atom. The van der Waals surface area contributed by atoms with E-state index in [-0.39, 0.29) is 5.92 Å². The zero-order valence-electron chi connectivity index (χ0n) is 11.6. The van der Waals surface area contributed by atoms with Gasteiger partial charge >= 0.3 is 0 Å². The molecule has 0 aliphatic heterocycles. The van der Waals surface area contributed by atoms with Gasteiger partial charge in [-0.05, 0) is 43.4 Å². The number of benzene rings is 1. The van der Waals surface area contributed by atoms with Crippen molar-refractivity contribution in [3.63, 3.8) is 0 Å². The van der Waals surface area contributed by atoms with Gasteiger partial charge in [-0.1, -0.05) is 19.1 Å². The first-order valence-corrected chi connectivity index (χ1v) is 8.31. The Morgan fingerprint density at radius 3 is 2.05 bits per heavy atom. The molecule has 0 fully saturated rings. The van der Waals surface area contributed by atoms with Crippen LogP contribution in [0, 0.1) is 0 Å². The summed E-state index contributed by atoms with van der Waals surface area (Å²) in [6, 6.07) is 6.72. The molecule has 5 heteroatoms. The van der Waals surface area contributed by atoms with Crippen LogP contribution in [-0.2, 0) is 9.84 Å². The monoisotopic (exact) mass is 286 g/mol. The van der Waals surface area contributed by atoms with Gasteiger partial charge in [-0.15, -0.1) is 0 Å². The summed E-state index contributed by atoms with van der Waals surface area (Å²) in [6.45, 7) is 3.56. The largest absolute Gasteiger partial charge is 0.391 e. The van der Waals surface area contributed by atoms with Crippen LogP contribution in [0.5, 0.6) is 0 Å². The van der Waals surface area contributed by atoms with Gasteiger partial charge < -0.3 is 10.2 Å². The van der Waals surface area contributed by atoms with Gasteiger partial charge in [0.25, 0.3) is 0 Å². The fourth-order valence-electron chi connectivity index (χ4n) is 2.01. The van der Waals surface area contributed by atoms with Crippen LogP contribution in [0.2, 0.25) is 0 Å². The average Bonchev–Trinajstić information content (AvgIpc) is 2.34. The normalized spacial score (nSPS) is 16.9. The van der Waals surface area contributed by atoms with E-state index in [2.05, 4.69) is 0 Å². The summed E-state index contributed by atoms with van der Waals surface area (Å²) in [7, 11) is -3.18. The Labute approximate surface area is 115 Å². The lowest BCUT2D eigenvalue weighted by Crippen LogP contribution is -2.24. The lowest BCUT2D eigenvalue weighted by Gasteiger charge is -2.21. The summed E-state index contributed by atoms with van der Waals surface area (Å²) in [4.78, 5) is 0.294. The molecule has 0 heterocycles. The van der Waals surface area contributed by atoms with Gasteiger partial charge in [-0.2, -0.15) is 0 Å². The second-order valence-electron chi connectivity index (χ2n) is 4.99. The smallest absolute Gasteiger partial charge is 0.175 e. The van der Waals surface area contributed by atoms with E-state index in [0.717, 1.165) is 12.0 Å². The molecule has 1 rings (SSSR count). The number of rotatable bonds is 6. The molecule has 0 bridgehead atoms. The van der Waals surface area contributed by atoms with Crippen LogP contribution in [0.3, 0.4) is 0 Å². The molecule has 1 aromatic rings. The van der Waals surface area contributed by atoms with E-state index in [0.29, 0.717) is 11.3 Å². The maximum Gasteiger partial charge on any atom is 0.175 e. The van der Waals surface area contributed by atoms with Gasteiger partial charge in [0.15, 0.2) is 9.84 Å². The molecule has 2 N–H and O–H groups in total. The number of aliphatic hydroxyl groups excluding tert-OH is 2. The Bertz CT molecular complexity index is 491. The van der Waals surface area contributed by atoms with E-state index in [4.69, 9.17) is 0 Å². The number of hydrogen-bond donors (Lipinski definition) is 2. The van der Waals surface area contributed by atoms with Crippen molar-refractivity contribution in [1.29, 1.82) is 0 Å². The van der Waals surface area contributed by atoms with Crippen molar-refractivity contribution in [1.82, 2.24) is 0 Å². The van der Waals surface area contributed by atoms with Gasteiger partial charge in [0, 0.05) is 6.26 Å². The molecule has 0 saturated carbocycles. The number of hydrogen-bond acceptors (Lipinski definition) is 4. The van der Waals surface area contributed by atoms with Crippen LogP contribution in [0.25, 0.3) is 0 Å². The fraction of sp³-hybridized carbons (Fsp3) is 0.571. The van der Waals surface area contributed by atoms with Crippen molar-refractivity contribution in [2.24, 2.45) is 0 Å². The van der Waals surface area contributed by atoms with Crippen molar-refractivity contribution >= 4 is 9.84 Å². The molecule has 0 aromatic heterocycles. The molecule has 3 unspecified atom stereocenters. The summed E-state index contributed by atoms with van der Waals surface area (Å²) >= 11 is 0.